The Morgan fingerprint density at radius 2 is 2.13 bits per heavy atom. The Balaban J connectivity index is 1.23. The van der Waals surface area contributed by atoms with Crippen LogP contribution in [0, 0.1) is 0 Å². The van der Waals surface area contributed by atoms with E-state index in [4.69, 9.17) is 14.2 Å². The standard InChI is InChI=1S/C18H19N5O5S2/c24-15(9-29-18-22-21-17(25)23(18)8-10-2-1-3-26-10)20-16-19-11-6-12-13(7-14(11)30-16)28-5-4-27-12/h6-7,10H,1-5,8-9H2,(H,21,25)(H,19,20,24). The lowest BCUT2D eigenvalue weighted by atomic mass is 10.2. The third-order valence-corrected chi connectivity index (χ3v) is 6.67. The topological polar surface area (TPSA) is 120 Å². The van der Waals surface area contributed by atoms with E-state index in [1.165, 1.54) is 27.7 Å². The smallest absolute Gasteiger partial charge is 0.344 e. The minimum absolute atomic E-state index is 0.00927. The van der Waals surface area contributed by atoms with Crippen molar-refractivity contribution in [2.75, 3.05) is 30.9 Å². The van der Waals surface area contributed by atoms with E-state index in [0.29, 0.717) is 48.2 Å². The van der Waals surface area contributed by atoms with Gasteiger partial charge >= 0.3 is 5.69 Å². The molecule has 1 saturated heterocycles. The normalized spacial score (nSPS) is 18.1. The second-order valence-corrected chi connectivity index (χ2v) is 8.85. The van der Waals surface area contributed by atoms with Crippen molar-refractivity contribution in [1.29, 1.82) is 0 Å². The molecule has 12 heteroatoms. The Morgan fingerprint density at radius 1 is 1.30 bits per heavy atom. The van der Waals surface area contributed by atoms with Gasteiger partial charge in [0.25, 0.3) is 0 Å². The SMILES string of the molecule is O=C(CSc1n[nH]c(=O)n1CC1CCCO1)Nc1nc2cc3c(cc2s1)OCCO3. The van der Waals surface area contributed by atoms with Gasteiger partial charge in [0.2, 0.25) is 5.91 Å². The zero-order valence-electron chi connectivity index (χ0n) is 15.9. The number of benzene rings is 1. The number of nitrogens with one attached hydrogen (secondary N) is 2. The van der Waals surface area contributed by atoms with Gasteiger partial charge in [-0.1, -0.05) is 23.1 Å². The van der Waals surface area contributed by atoms with Gasteiger partial charge in [0.1, 0.15) is 13.2 Å². The molecule has 0 bridgehead atoms. The minimum Gasteiger partial charge on any atom is -0.486 e. The van der Waals surface area contributed by atoms with E-state index in [1.807, 2.05) is 12.1 Å². The highest BCUT2D eigenvalue weighted by atomic mass is 32.2. The first-order valence-corrected chi connectivity index (χ1v) is 11.4. The van der Waals surface area contributed by atoms with Gasteiger partial charge in [0.05, 0.1) is 28.6 Å². The molecule has 1 unspecified atom stereocenters. The molecule has 1 atom stereocenters. The lowest BCUT2D eigenvalue weighted by Crippen LogP contribution is -2.25. The number of carbonyl (C=O) groups excluding carboxylic acids is 1. The minimum atomic E-state index is -0.298. The van der Waals surface area contributed by atoms with E-state index in [1.54, 1.807) is 0 Å². The average Bonchev–Trinajstić information content (AvgIpc) is 3.46. The first kappa shape index (κ1) is 19.4. The number of amides is 1. The monoisotopic (exact) mass is 449 g/mol. The first-order chi connectivity index (χ1) is 14.7. The third-order valence-electron chi connectivity index (χ3n) is 4.76. The van der Waals surface area contributed by atoms with Gasteiger partial charge in [0, 0.05) is 18.7 Å². The van der Waals surface area contributed by atoms with Crippen LogP contribution >= 0.6 is 23.1 Å². The average molecular weight is 450 g/mol. The van der Waals surface area contributed by atoms with Gasteiger partial charge in [-0.15, -0.1) is 5.10 Å². The molecule has 10 nitrogen and oxygen atoms in total. The molecule has 0 spiro atoms. The number of hydrogen-bond donors (Lipinski definition) is 2. The molecule has 1 fully saturated rings. The number of thiazole rings is 1. The predicted molar refractivity (Wildman–Crippen MR) is 112 cm³/mol. The predicted octanol–water partition coefficient (Wildman–Crippen LogP) is 1.86. The summed E-state index contributed by atoms with van der Waals surface area (Å²) in [5.41, 5.74) is 0.442. The molecular formula is C18H19N5O5S2. The first-order valence-electron chi connectivity index (χ1n) is 9.55. The fraction of sp³-hybridized carbons (Fsp3) is 0.444. The Labute approximate surface area is 178 Å². The lowest BCUT2D eigenvalue weighted by Gasteiger charge is -2.17. The number of rotatable bonds is 6. The Morgan fingerprint density at radius 3 is 2.93 bits per heavy atom. The molecule has 0 radical (unpaired) electrons. The molecule has 30 heavy (non-hydrogen) atoms. The summed E-state index contributed by atoms with van der Waals surface area (Å²) in [7, 11) is 0. The molecular weight excluding hydrogens is 430 g/mol. The largest absolute Gasteiger partial charge is 0.486 e. The molecule has 1 amide bonds. The van der Waals surface area contributed by atoms with Crippen LogP contribution < -0.4 is 20.5 Å². The highest BCUT2D eigenvalue weighted by molar-refractivity contribution is 7.99. The quantitative estimate of drug-likeness (QED) is 0.547. The Bertz CT molecular complexity index is 1090. The van der Waals surface area contributed by atoms with Crippen molar-refractivity contribution >= 4 is 44.4 Å². The molecule has 1 aromatic carbocycles. The van der Waals surface area contributed by atoms with Crippen LogP contribution in [0.1, 0.15) is 12.8 Å². The van der Waals surface area contributed by atoms with Gasteiger partial charge in [0.15, 0.2) is 21.8 Å². The zero-order valence-corrected chi connectivity index (χ0v) is 17.5. The van der Waals surface area contributed by atoms with Crippen LogP contribution in [0.15, 0.2) is 22.1 Å². The molecule has 5 rings (SSSR count). The van der Waals surface area contributed by atoms with Crippen LogP contribution in [-0.4, -0.2) is 57.3 Å². The zero-order chi connectivity index (χ0) is 20.5. The van der Waals surface area contributed by atoms with Gasteiger partial charge in [-0.3, -0.25) is 9.36 Å². The second kappa shape index (κ2) is 8.28. The van der Waals surface area contributed by atoms with E-state index < -0.39 is 0 Å². The molecule has 4 heterocycles. The van der Waals surface area contributed by atoms with E-state index >= 15 is 0 Å². The van der Waals surface area contributed by atoms with Crippen LogP contribution in [0.25, 0.3) is 10.2 Å². The number of nitrogens with zero attached hydrogens (tertiary/aromatic N) is 3. The van der Waals surface area contributed by atoms with E-state index in [-0.39, 0.29) is 23.5 Å². The number of hydrogen-bond acceptors (Lipinski definition) is 9. The van der Waals surface area contributed by atoms with E-state index in [0.717, 1.165) is 23.1 Å². The number of ether oxygens (including phenoxy) is 3. The number of anilines is 1. The number of H-pyrrole nitrogens is 1. The molecule has 0 aliphatic carbocycles. The number of carbonyl (C=O) groups is 1. The maximum absolute atomic E-state index is 12.4. The molecule has 3 aromatic rings. The number of aromatic amines is 1. The highest BCUT2D eigenvalue weighted by Crippen LogP contribution is 2.37. The summed E-state index contributed by atoms with van der Waals surface area (Å²) in [5.74, 6) is 1.23. The van der Waals surface area contributed by atoms with Gasteiger partial charge < -0.3 is 19.5 Å². The van der Waals surface area contributed by atoms with Crippen molar-refractivity contribution in [2.24, 2.45) is 0 Å². The van der Waals surface area contributed by atoms with Gasteiger partial charge in [-0.25, -0.2) is 14.9 Å². The van der Waals surface area contributed by atoms with E-state index in [2.05, 4.69) is 20.5 Å². The molecule has 2 N–H and O–H groups in total. The lowest BCUT2D eigenvalue weighted by molar-refractivity contribution is -0.113. The van der Waals surface area contributed by atoms with Crippen molar-refractivity contribution in [3.8, 4) is 11.5 Å². The molecule has 158 valence electrons. The summed E-state index contributed by atoms with van der Waals surface area (Å²) in [6, 6.07) is 3.69. The third kappa shape index (κ3) is 4.02. The summed E-state index contributed by atoms with van der Waals surface area (Å²) in [6.45, 7) is 2.18. The van der Waals surface area contributed by atoms with Crippen molar-refractivity contribution in [3.05, 3.63) is 22.6 Å². The highest BCUT2D eigenvalue weighted by Gasteiger charge is 2.21. The second-order valence-electron chi connectivity index (χ2n) is 6.88. The summed E-state index contributed by atoms with van der Waals surface area (Å²) < 4.78 is 19.2. The maximum atomic E-state index is 12.4. The van der Waals surface area contributed by atoms with Crippen LogP contribution in [0.5, 0.6) is 11.5 Å². The summed E-state index contributed by atoms with van der Waals surface area (Å²) >= 11 is 2.56. The number of aromatic nitrogens is 4. The molecule has 0 saturated carbocycles. The van der Waals surface area contributed by atoms with Gasteiger partial charge in [-0.05, 0) is 12.8 Å². The van der Waals surface area contributed by atoms with Crippen LogP contribution in [-0.2, 0) is 16.1 Å². The van der Waals surface area contributed by atoms with Crippen molar-refractivity contribution < 1.29 is 19.0 Å². The molecule has 2 aliphatic rings. The van der Waals surface area contributed by atoms with Gasteiger partial charge in [-0.2, -0.15) is 0 Å². The van der Waals surface area contributed by atoms with Crippen LogP contribution in [0.4, 0.5) is 5.13 Å². The summed E-state index contributed by atoms with van der Waals surface area (Å²) in [4.78, 5) is 28.9. The van der Waals surface area contributed by atoms with Crippen molar-refractivity contribution in [1.82, 2.24) is 19.7 Å². The Kier molecular flexibility index (Phi) is 5.35. The maximum Gasteiger partial charge on any atom is 0.344 e. The Hall–Kier alpha value is -2.57. The molecule has 2 aliphatic heterocycles. The van der Waals surface area contributed by atoms with E-state index in [9.17, 15) is 9.59 Å². The van der Waals surface area contributed by atoms with Crippen LogP contribution in [0.3, 0.4) is 0 Å². The number of fused-ring (bicyclic) bond motifs is 2. The van der Waals surface area contributed by atoms with Crippen LogP contribution in [0.2, 0.25) is 0 Å². The number of thioether (sulfide) groups is 1. The fourth-order valence-electron chi connectivity index (χ4n) is 3.37. The summed E-state index contributed by atoms with van der Waals surface area (Å²) in [6.07, 6.45) is 1.92. The molecule has 2 aromatic heterocycles. The summed E-state index contributed by atoms with van der Waals surface area (Å²) in [5, 5.41) is 10.2. The fourth-order valence-corrected chi connectivity index (χ4v) is 5.02. The van der Waals surface area contributed by atoms with Crippen molar-refractivity contribution in [2.45, 2.75) is 30.6 Å². The van der Waals surface area contributed by atoms with Crippen molar-refractivity contribution in [3.63, 3.8) is 0 Å².